The number of hydrogen-bond acceptors (Lipinski definition) is 6. The number of benzene rings is 1. The van der Waals surface area contributed by atoms with E-state index >= 15 is 0 Å². The molecular weight excluding hydrogens is 398 g/mol. The quantitative estimate of drug-likeness (QED) is 0.519. The molecule has 2 aliphatic rings. The maximum Gasteiger partial charge on any atom is 0.252 e. The molecule has 0 radical (unpaired) electrons. The van der Waals surface area contributed by atoms with Crippen molar-refractivity contribution in [1.82, 2.24) is 15.5 Å². The highest BCUT2D eigenvalue weighted by molar-refractivity contribution is 5.98. The van der Waals surface area contributed by atoms with Gasteiger partial charge in [-0.15, -0.1) is 0 Å². The van der Waals surface area contributed by atoms with Gasteiger partial charge in [0.05, 0.1) is 19.8 Å². The van der Waals surface area contributed by atoms with Crippen LogP contribution in [-0.2, 0) is 16.1 Å². The van der Waals surface area contributed by atoms with E-state index in [4.69, 9.17) is 4.74 Å². The van der Waals surface area contributed by atoms with E-state index in [2.05, 4.69) is 15.5 Å². The second-order valence-corrected chi connectivity index (χ2v) is 8.54. The molecule has 1 heterocycles. The Morgan fingerprint density at radius 2 is 1.74 bits per heavy atom. The minimum absolute atomic E-state index is 0.00423. The van der Waals surface area contributed by atoms with E-state index in [1.165, 1.54) is 25.3 Å². The van der Waals surface area contributed by atoms with Crippen LogP contribution in [0.5, 0.6) is 5.75 Å². The number of hydrogen-bond donors (Lipinski definition) is 4. The molecule has 1 aliphatic heterocycles. The number of aliphatic hydroxyl groups excluding tert-OH is 1. The Bertz CT molecular complexity index is 728. The van der Waals surface area contributed by atoms with Crippen LogP contribution in [0.1, 0.15) is 60.9 Å². The molecule has 0 aromatic heterocycles. The van der Waals surface area contributed by atoms with Crippen LogP contribution in [0.25, 0.3) is 0 Å². The van der Waals surface area contributed by atoms with Crippen LogP contribution in [0, 0.1) is 0 Å². The van der Waals surface area contributed by atoms with Gasteiger partial charge in [-0.2, -0.15) is 0 Å². The van der Waals surface area contributed by atoms with Crippen molar-refractivity contribution in [3.8, 4) is 5.75 Å². The highest BCUT2D eigenvalue weighted by atomic mass is 16.5. The van der Waals surface area contributed by atoms with E-state index in [0.29, 0.717) is 19.8 Å². The Balaban J connectivity index is 1.59. The molecule has 8 heteroatoms. The molecule has 1 aliphatic carbocycles. The molecule has 1 aromatic rings. The molecular formula is C23H35N3O5. The van der Waals surface area contributed by atoms with Gasteiger partial charge in [-0.25, -0.2) is 0 Å². The number of phenolic OH excluding ortho intramolecular Hbond substituents is 1. The summed E-state index contributed by atoms with van der Waals surface area (Å²) >= 11 is 0. The Kier molecular flexibility index (Phi) is 9.12. The summed E-state index contributed by atoms with van der Waals surface area (Å²) in [5.41, 5.74) is 1.08. The van der Waals surface area contributed by atoms with Crippen molar-refractivity contribution in [3.63, 3.8) is 0 Å². The Labute approximate surface area is 184 Å². The van der Waals surface area contributed by atoms with Crippen LogP contribution < -0.4 is 10.6 Å². The monoisotopic (exact) mass is 433 g/mol. The van der Waals surface area contributed by atoms with Gasteiger partial charge in [0, 0.05) is 31.2 Å². The van der Waals surface area contributed by atoms with E-state index in [0.717, 1.165) is 44.3 Å². The van der Waals surface area contributed by atoms with Crippen molar-refractivity contribution < 1.29 is 24.5 Å². The highest BCUT2D eigenvalue weighted by Crippen LogP contribution is 2.19. The number of morpholine rings is 1. The standard InChI is InChI=1S/C23H35N3O5/c27-16-21(23(30)24-19-6-4-2-1-3-5-7-19)25-22(29)18-12-17(13-20(28)14-18)15-26-8-10-31-11-9-26/h12-14,19,21,27-28H,1-11,15-16H2,(H,24,30)(H,25,29)/t21-/m0/s1. The minimum atomic E-state index is -1.03. The first-order valence-electron chi connectivity index (χ1n) is 11.4. The normalized spacial score (nSPS) is 19.8. The number of rotatable bonds is 7. The number of carbonyl (C=O) groups excluding carboxylic acids is 2. The van der Waals surface area contributed by atoms with Crippen LogP contribution >= 0.6 is 0 Å². The topological polar surface area (TPSA) is 111 Å². The zero-order valence-electron chi connectivity index (χ0n) is 18.1. The maximum atomic E-state index is 12.8. The summed E-state index contributed by atoms with van der Waals surface area (Å²) in [6, 6.07) is 3.78. The highest BCUT2D eigenvalue weighted by Gasteiger charge is 2.24. The number of phenols is 1. The van der Waals surface area contributed by atoms with Gasteiger partial charge in [0.15, 0.2) is 0 Å². The fourth-order valence-electron chi connectivity index (χ4n) is 4.25. The predicted molar refractivity (Wildman–Crippen MR) is 117 cm³/mol. The summed E-state index contributed by atoms with van der Waals surface area (Å²) in [4.78, 5) is 27.6. The van der Waals surface area contributed by atoms with Gasteiger partial charge in [0.25, 0.3) is 5.91 Å². The average molecular weight is 434 g/mol. The fraction of sp³-hybridized carbons (Fsp3) is 0.652. The van der Waals surface area contributed by atoms with Gasteiger partial charge in [-0.1, -0.05) is 32.1 Å². The number of nitrogens with one attached hydrogen (secondary N) is 2. The lowest BCUT2D eigenvalue weighted by atomic mass is 9.96. The molecule has 1 saturated heterocycles. The molecule has 172 valence electrons. The summed E-state index contributed by atoms with van der Waals surface area (Å²) in [5, 5.41) is 25.4. The minimum Gasteiger partial charge on any atom is -0.508 e. The molecule has 1 saturated carbocycles. The summed E-state index contributed by atoms with van der Waals surface area (Å²) in [7, 11) is 0. The van der Waals surface area contributed by atoms with Gasteiger partial charge in [-0.3, -0.25) is 14.5 Å². The zero-order chi connectivity index (χ0) is 22.1. The Hall–Kier alpha value is -2.16. The molecule has 0 bridgehead atoms. The molecule has 0 unspecified atom stereocenters. The molecule has 31 heavy (non-hydrogen) atoms. The summed E-state index contributed by atoms with van der Waals surface area (Å²) in [5.74, 6) is -0.864. The second-order valence-electron chi connectivity index (χ2n) is 8.54. The average Bonchev–Trinajstić information content (AvgIpc) is 2.73. The first-order chi connectivity index (χ1) is 15.0. The van der Waals surface area contributed by atoms with E-state index in [1.54, 1.807) is 12.1 Å². The third-order valence-corrected chi connectivity index (χ3v) is 6.01. The van der Waals surface area contributed by atoms with Gasteiger partial charge in [-0.05, 0) is 36.6 Å². The molecule has 4 N–H and O–H groups in total. The summed E-state index contributed by atoms with van der Waals surface area (Å²) in [6.45, 7) is 3.05. The first kappa shape index (κ1) is 23.5. The summed E-state index contributed by atoms with van der Waals surface area (Å²) < 4.78 is 5.35. The maximum absolute atomic E-state index is 12.8. The van der Waals surface area contributed by atoms with Crippen LogP contribution in [0.3, 0.4) is 0 Å². The van der Waals surface area contributed by atoms with E-state index in [-0.39, 0.29) is 23.3 Å². The van der Waals surface area contributed by atoms with E-state index in [1.807, 2.05) is 0 Å². The lowest BCUT2D eigenvalue weighted by Crippen LogP contribution is -2.51. The van der Waals surface area contributed by atoms with Crippen LogP contribution in [0.4, 0.5) is 0 Å². The third-order valence-electron chi connectivity index (χ3n) is 6.01. The number of carbonyl (C=O) groups is 2. The van der Waals surface area contributed by atoms with Gasteiger partial charge >= 0.3 is 0 Å². The van der Waals surface area contributed by atoms with Crippen LogP contribution in [-0.4, -0.2) is 71.9 Å². The van der Waals surface area contributed by atoms with Crippen LogP contribution in [0.15, 0.2) is 18.2 Å². The molecule has 8 nitrogen and oxygen atoms in total. The van der Waals surface area contributed by atoms with Crippen LogP contribution in [0.2, 0.25) is 0 Å². The number of aliphatic hydroxyl groups is 1. The smallest absolute Gasteiger partial charge is 0.252 e. The lowest BCUT2D eigenvalue weighted by Gasteiger charge is -2.26. The predicted octanol–water partition coefficient (Wildman–Crippen LogP) is 1.54. The van der Waals surface area contributed by atoms with Crippen molar-refractivity contribution in [3.05, 3.63) is 29.3 Å². The van der Waals surface area contributed by atoms with Crippen molar-refractivity contribution in [2.75, 3.05) is 32.9 Å². The molecule has 3 rings (SSSR count). The second kappa shape index (κ2) is 12.0. The number of aromatic hydroxyl groups is 1. The Morgan fingerprint density at radius 1 is 1.06 bits per heavy atom. The zero-order valence-corrected chi connectivity index (χ0v) is 18.1. The number of ether oxygens (including phenoxy) is 1. The SMILES string of the molecule is O=C(N[C@@H](CO)C(=O)NC1CCCCCCC1)c1cc(O)cc(CN2CCOCC2)c1. The molecule has 1 atom stereocenters. The first-order valence-corrected chi connectivity index (χ1v) is 11.4. The van der Waals surface area contributed by atoms with E-state index in [9.17, 15) is 19.8 Å². The van der Waals surface area contributed by atoms with Crippen molar-refractivity contribution >= 4 is 11.8 Å². The van der Waals surface area contributed by atoms with Gasteiger partial charge < -0.3 is 25.6 Å². The van der Waals surface area contributed by atoms with Crippen molar-refractivity contribution in [2.45, 2.75) is 63.6 Å². The number of amides is 2. The Morgan fingerprint density at radius 3 is 2.42 bits per heavy atom. The largest absolute Gasteiger partial charge is 0.508 e. The van der Waals surface area contributed by atoms with Crippen molar-refractivity contribution in [1.29, 1.82) is 0 Å². The van der Waals surface area contributed by atoms with Gasteiger partial charge in [0.1, 0.15) is 11.8 Å². The lowest BCUT2D eigenvalue weighted by molar-refractivity contribution is -0.124. The fourth-order valence-corrected chi connectivity index (χ4v) is 4.25. The van der Waals surface area contributed by atoms with Gasteiger partial charge in [0.2, 0.25) is 5.91 Å². The summed E-state index contributed by atoms with van der Waals surface area (Å²) in [6.07, 6.45) is 7.61. The van der Waals surface area contributed by atoms with Crippen molar-refractivity contribution in [2.24, 2.45) is 0 Å². The van der Waals surface area contributed by atoms with E-state index < -0.39 is 18.6 Å². The molecule has 1 aromatic carbocycles. The third kappa shape index (κ3) is 7.48. The molecule has 0 spiro atoms. The molecule has 2 fully saturated rings. The number of nitrogens with zero attached hydrogens (tertiary/aromatic N) is 1. The molecule has 2 amide bonds.